The van der Waals surface area contributed by atoms with Crippen molar-refractivity contribution in [1.29, 1.82) is 0 Å². The number of rotatable bonds is 16. The van der Waals surface area contributed by atoms with E-state index in [-0.39, 0.29) is 0 Å². The van der Waals surface area contributed by atoms with E-state index >= 15 is 0 Å². The van der Waals surface area contributed by atoms with Gasteiger partial charge >= 0.3 is 0 Å². The highest BCUT2D eigenvalue weighted by molar-refractivity contribution is 5.23. The Balaban J connectivity index is 2.67. The summed E-state index contributed by atoms with van der Waals surface area (Å²) in [5, 5.41) is 0. The summed E-state index contributed by atoms with van der Waals surface area (Å²) in [5.41, 5.74) is 25.4. The molecule has 1 rings (SSSR count). The van der Waals surface area contributed by atoms with Crippen LogP contribution in [-0.2, 0) is 13.1 Å². The summed E-state index contributed by atoms with van der Waals surface area (Å²) >= 11 is 0. The van der Waals surface area contributed by atoms with Crippen LogP contribution < -0.4 is 22.9 Å². The van der Waals surface area contributed by atoms with Crippen molar-refractivity contribution in [1.82, 2.24) is 9.80 Å². The largest absolute Gasteiger partial charge is 0.330 e. The zero-order valence-corrected chi connectivity index (χ0v) is 16.4. The van der Waals surface area contributed by atoms with Crippen LogP contribution in [0.5, 0.6) is 0 Å². The molecular formula is C20H40N6. The molecule has 0 aromatic heterocycles. The topological polar surface area (TPSA) is 111 Å². The van der Waals surface area contributed by atoms with E-state index in [1.807, 2.05) is 0 Å². The van der Waals surface area contributed by atoms with Gasteiger partial charge in [0.25, 0.3) is 0 Å². The summed E-state index contributed by atoms with van der Waals surface area (Å²) in [6.45, 7) is 8.96. The maximum Gasteiger partial charge on any atom is 0.0233 e. The highest BCUT2D eigenvalue weighted by Gasteiger charge is 2.08. The lowest BCUT2D eigenvalue weighted by Gasteiger charge is -2.24. The minimum atomic E-state index is 0.733. The number of hydrogen-bond acceptors (Lipinski definition) is 6. The van der Waals surface area contributed by atoms with Crippen LogP contribution in [0.2, 0.25) is 0 Å². The second-order valence-corrected chi connectivity index (χ2v) is 6.94. The highest BCUT2D eigenvalue weighted by Crippen LogP contribution is 2.12. The second kappa shape index (κ2) is 15.1. The molecule has 0 aliphatic rings. The van der Waals surface area contributed by atoms with Gasteiger partial charge in [-0.05, 0) is 89.2 Å². The molecule has 8 N–H and O–H groups in total. The fraction of sp³-hybridized carbons (Fsp3) is 0.700. The predicted octanol–water partition coefficient (Wildman–Crippen LogP) is 0.686. The Morgan fingerprint density at radius 2 is 0.923 bits per heavy atom. The minimum Gasteiger partial charge on any atom is -0.330 e. The molecule has 0 atom stereocenters. The van der Waals surface area contributed by atoms with E-state index < -0.39 is 0 Å². The number of benzene rings is 1. The van der Waals surface area contributed by atoms with Gasteiger partial charge in [-0.1, -0.05) is 24.3 Å². The summed E-state index contributed by atoms with van der Waals surface area (Å²) in [6, 6.07) is 8.92. The van der Waals surface area contributed by atoms with Gasteiger partial charge in [-0.3, -0.25) is 9.80 Å². The van der Waals surface area contributed by atoms with Crippen molar-refractivity contribution >= 4 is 0 Å². The maximum atomic E-state index is 5.68. The molecule has 1 aromatic carbocycles. The molecule has 0 amide bonds. The minimum absolute atomic E-state index is 0.733. The molecule has 150 valence electrons. The summed E-state index contributed by atoms with van der Waals surface area (Å²) in [5.74, 6) is 0. The molecule has 6 heteroatoms. The zero-order chi connectivity index (χ0) is 19.0. The fourth-order valence-corrected chi connectivity index (χ4v) is 3.14. The van der Waals surface area contributed by atoms with Crippen molar-refractivity contribution in [2.24, 2.45) is 22.9 Å². The lowest BCUT2D eigenvalue weighted by atomic mass is 10.1. The standard InChI is InChI=1S/C20H40N6/c21-8-2-12-25(13-3-9-22)17-19-6-1-7-20(16-19)18-26(14-4-10-23)15-5-11-24/h1,6-7,16H,2-5,8-15,17-18,21-24H2. The second-order valence-electron chi connectivity index (χ2n) is 6.94. The van der Waals surface area contributed by atoms with Gasteiger partial charge in [0.15, 0.2) is 0 Å². The average molecular weight is 365 g/mol. The van der Waals surface area contributed by atoms with Crippen molar-refractivity contribution in [3.63, 3.8) is 0 Å². The van der Waals surface area contributed by atoms with Gasteiger partial charge < -0.3 is 22.9 Å². The molecule has 0 unspecified atom stereocenters. The van der Waals surface area contributed by atoms with Crippen LogP contribution >= 0.6 is 0 Å². The first-order chi connectivity index (χ1) is 12.7. The van der Waals surface area contributed by atoms with Crippen LogP contribution in [0.25, 0.3) is 0 Å². The molecule has 0 heterocycles. The quantitative estimate of drug-likeness (QED) is 0.343. The van der Waals surface area contributed by atoms with Crippen molar-refractivity contribution in [2.75, 3.05) is 52.4 Å². The Kier molecular flexibility index (Phi) is 13.4. The number of nitrogens with two attached hydrogens (primary N) is 4. The van der Waals surface area contributed by atoms with Gasteiger partial charge in [-0.2, -0.15) is 0 Å². The van der Waals surface area contributed by atoms with Crippen LogP contribution in [0.4, 0.5) is 0 Å². The van der Waals surface area contributed by atoms with E-state index in [1.54, 1.807) is 0 Å². The first kappa shape index (κ1) is 23.0. The average Bonchev–Trinajstić information content (AvgIpc) is 2.66. The smallest absolute Gasteiger partial charge is 0.0233 e. The van der Waals surface area contributed by atoms with Crippen molar-refractivity contribution in [3.8, 4) is 0 Å². The molecule has 0 bridgehead atoms. The molecule has 1 aromatic rings. The Morgan fingerprint density at radius 3 is 1.23 bits per heavy atom. The molecule has 0 saturated carbocycles. The highest BCUT2D eigenvalue weighted by atomic mass is 15.1. The third-order valence-corrected chi connectivity index (χ3v) is 4.52. The van der Waals surface area contributed by atoms with Crippen LogP contribution in [-0.4, -0.2) is 62.2 Å². The molecule has 0 spiro atoms. The first-order valence-corrected chi connectivity index (χ1v) is 10.1. The van der Waals surface area contributed by atoms with Crippen LogP contribution in [0.1, 0.15) is 36.8 Å². The first-order valence-electron chi connectivity index (χ1n) is 10.1. The Bertz CT molecular complexity index is 400. The lowest BCUT2D eigenvalue weighted by molar-refractivity contribution is 0.258. The number of nitrogens with zero attached hydrogens (tertiary/aromatic N) is 2. The molecule has 0 aliphatic carbocycles. The van der Waals surface area contributed by atoms with Gasteiger partial charge in [-0.25, -0.2) is 0 Å². The van der Waals surface area contributed by atoms with Gasteiger partial charge in [0, 0.05) is 13.1 Å². The molecule has 26 heavy (non-hydrogen) atoms. The normalized spacial score (nSPS) is 11.6. The molecule has 0 aliphatic heterocycles. The monoisotopic (exact) mass is 364 g/mol. The SMILES string of the molecule is NCCCN(CCCN)Cc1cccc(CN(CCCN)CCCN)c1. The summed E-state index contributed by atoms with van der Waals surface area (Å²) in [6.07, 6.45) is 4.10. The third kappa shape index (κ3) is 10.2. The predicted molar refractivity (Wildman–Crippen MR) is 112 cm³/mol. The Morgan fingerprint density at radius 1 is 0.577 bits per heavy atom. The summed E-state index contributed by atoms with van der Waals surface area (Å²) in [4.78, 5) is 4.92. The third-order valence-electron chi connectivity index (χ3n) is 4.52. The molecule has 6 nitrogen and oxygen atoms in total. The van der Waals surface area contributed by atoms with Crippen molar-refractivity contribution < 1.29 is 0 Å². The van der Waals surface area contributed by atoms with Crippen LogP contribution in [0, 0.1) is 0 Å². The summed E-state index contributed by atoms with van der Waals surface area (Å²) < 4.78 is 0. The van der Waals surface area contributed by atoms with Crippen molar-refractivity contribution in [3.05, 3.63) is 35.4 Å². The van der Waals surface area contributed by atoms with E-state index in [9.17, 15) is 0 Å². The van der Waals surface area contributed by atoms with Crippen molar-refractivity contribution in [2.45, 2.75) is 38.8 Å². The van der Waals surface area contributed by atoms with Gasteiger partial charge in [0.1, 0.15) is 0 Å². The van der Waals surface area contributed by atoms with E-state index in [1.165, 1.54) is 11.1 Å². The van der Waals surface area contributed by atoms with Crippen LogP contribution in [0.15, 0.2) is 24.3 Å². The Hall–Kier alpha value is -1.02. The maximum absolute atomic E-state index is 5.68. The summed E-state index contributed by atoms with van der Waals surface area (Å²) in [7, 11) is 0. The van der Waals surface area contributed by atoms with E-state index in [0.29, 0.717) is 0 Å². The fourth-order valence-electron chi connectivity index (χ4n) is 3.14. The van der Waals surface area contributed by atoms with Crippen LogP contribution in [0.3, 0.4) is 0 Å². The molecular weight excluding hydrogens is 324 g/mol. The molecule has 0 radical (unpaired) electrons. The van der Waals surface area contributed by atoms with E-state index in [2.05, 4.69) is 34.1 Å². The Labute approximate surface area is 159 Å². The molecule has 0 fully saturated rings. The lowest BCUT2D eigenvalue weighted by Crippen LogP contribution is -2.29. The molecule has 0 saturated heterocycles. The zero-order valence-electron chi connectivity index (χ0n) is 16.4. The van der Waals surface area contributed by atoms with Gasteiger partial charge in [-0.15, -0.1) is 0 Å². The van der Waals surface area contributed by atoms with E-state index in [4.69, 9.17) is 22.9 Å². The van der Waals surface area contributed by atoms with Gasteiger partial charge in [0.2, 0.25) is 0 Å². The van der Waals surface area contributed by atoms with Gasteiger partial charge in [0.05, 0.1) is 0 Å². The number of hydrogen-bond donors (Lipinski definition) is 4. The van der Waals surface area contributed by atoms with E-state index in [0.717, 1.165) is 91.1 Å².